The summed E-state index contributed by atoms with van der Waals surface area (Å²) in [5.74, 6) is -0.299. The fourth-order valence-electron chi connectivity index (χ4n) is 3.61. The van der Waals surface area contributed by atoms with Gasteiger partial charge in [-0.15, -0.1) is 0 Å². The Morgan fingerprint density at radius 1 is 0.897 bits per heavy atom. The van der Waals surface area contributed by atoms with E-state index >= 15 is 0 Å². The SMILES string of the molecule is O=S(=O)(N[C@@]1(C(O)O)C[C@@H]1c1ccccc1)c1ccc(-c2ccc(Cl)cc2)cc1. The molecule has 0 unspecified atom stereocenters. The number of nitrogens with one attached hydrogen (secondary N) is 1. The summed E-state index contributed by atoms with van der Waals surface area (Å²) in [6.07, 6.45) is -1.49. The largest absolute Gasteiger partial charge is 0.366 e. The maximum Gasteiger partial charge on any atom is 0.241 e. The first kappa shape index (κ1) is 20.1. The predicted molar refractivity (Wildman–Crippen MR) is 112 cm³/mol. The Bertz CT molecular complexity index is 1100. The normalized spacial score (nSPS) is 21.3. The summed E-state index contributed by atoms with van der Waals surface area (Å²) < 4.78 is 28.4. The monoisotopic (exact) mass is 429 g/mol. The fourth-order valence-corrected chi connectivity index (χ4v) is 5.18. The van der Waals surface area contributed by atoms with Crippen LogP contribution in [0.2, 0.25) is 5.02 Å². The van der Waals surface area contributed by atoms with E-state index < -0.39 is 21.9 Å². The number of hydrogen-bond donors (Lipinski definition) is 3. The quantitative estimate of drug-likeness (QED) is 0.523. The minimum atomic E-state index is -3.94. The standard InChI is InChI=1S/C22H20ClNO4S/c23-18-10-6-15(7-11-18)16-8-12-19(13-9-16)29(27,28)24-22(21(25)26)14-20(22)17-4-2-1-3-5-17/h1-13,20-21,24-26H,14H2/t20-,22+/m1/s1. The van der Waals surface area contributed by atoms with Crippen LogP contribution in [0.5, 0.6) is 0 Å². The third-order valence-electron chi connectivity index (χ3n) is 5.33. The van der Waals surface area contributed by atoms with Crippen molar-refractivity contribution >= 4 is 21.6 Å². The molecule has 5 nitrogen and oxygen atoms in total. The molecule has 29 heavy (non-hydrogen) atoms. The van der Waals surface area contributed by atoms with Gasteiger partial charge in [-0.05, 0) is 47.4 Å². The molecule has 1 aliphatic carbocycles. The molecule has 150 valence electrons. The van der Waals surface area contributed by atoms with Gasteiger partial charge in [-0.25, -0.2) is 8.42 Å². The molecule has 0 radical (unpaired) electrons. The molecular formula is C22H20ClNO4S. The van der Waals surface area contributed by atoms with E-state index in [1.165, 1.54) is 12.1 Å². The lowest BCUT2D eigenvalue weighted by Gasteiger charge is -2.22. The van der Waals surface area contributed by atoms with Crippen LogP contribution in [-0.2, 0) is 10.0 Å². The van der Waals surface area contributed by atoms with Crippen molar-refractivity contribution in [3.63, 3.8) is 0 Å². The molecule has 0 bridgehead atoms. The topological polar surface area (TPSA) is 86.6 Å². The first-order valence-electron chi connectivity index (χ1n) is 9.13. The van der Waals surface area contributed by atoms with Crippen molar-refractivity contribution < 1.29 is 18.6 Å². The third kappa shape index (κ3) is 3.95. The highest BCUT2D eigenvalue weighted by atomic mass is 35.5. The van der Waals surface area contributed by atoms with Crippen LogP contribution in [0.1, 0.15) is 17.9 Å². The Labute approximate surface area is 174 Å². The van der Waals surface area contributed by atoms with Crippen LogP contribution >= 0.6 is 11.6 Å². The van der Waals surface area contributed by atoms with Gasteiger partial charge in [0, 0.05) is 10.9 Å². The zero-order valence-corrected chi connectivity index (χ0v) is 16.9. The summed E-state index contributed by atoms with van der Waals surface area (Å²) >= 11 is 5.90. The van der Waals surface area contributed by atoms with Crippen LogP contribution in [0, 0.1) is 0 Å². The second-order valence-electron chi connectivity index (χ2n) is 7.22. The molecule has 0 heterocycles. The lowest BCUT2D eigenvalue weighted by molar-refractivity contribution is -0.0721. The van der Waals surface area contributed by atoms with Gasteiger partial charge in [0.1, 0.15) is 0 Å². The number of halogens is 1. The van der Waals surface area contributed by atoms with E-state index in [2.05, 4.69) is 4.72 Å². The molecule has 7 heteroatoms. The second kappa shape index (κ2) is 7.55. The highest BCUT2D eigenvalue weighted by Gasteiger charge is 2.61. The Balaban J connectivity index is 1.57. The van der Waals surface area contributed by atoms with Gasteiger partial charge in [0.2, 0.25) is 10.0 Å². The molecule has 0 saturated heterocycles. The molecule has 1 saturated carbocycles. The lowest BCUT2D eigenvalue weighted by Crippen LogP contribution is -2.47. The minimum Gasteiger partial charge on any atom is -0.366 e. The van der Waals surface area contributed by atoms with Crippen LogP contribution < -0.4 is 4.72 Å². The van der Waals surface area contributed by atoms with E-state index in [9.17, 15) is 18.6 Å². The van der Waals surface area contributed by atoms with Gasteiger partial charge in [0.05, 0.1) is 10.4 Å². The number of hydrogen-bond acceptors (Lipinski definition) is 4. The summed E-state index contributed by atoms with van der Waals surface area (Å²) in [6.45, 7) is 0. The van der Waals surface area contributed by atoms with E-state index in [4.69, 9.17) is 11.6 Å². The maximum absolute atomic E-state index is 12.9. The highest BCUT2D eigenvalue weighted by molar-refractivity contribution is 7.89. The number of sulfonamides is 1. The Kier molecular flexibility index (Phi) is 5.23. The molecule has 4 rings (SSSR count). The van der Waals surface area contributed by atoms with Crippen molar-refractivity contribution in [3.05, 3.63) is 89.4 Å². The summed E-state index contributed by atoms with van der Waals surface area (Å²) in [7, 11) is -3.94. The second-order valence-corrected chi connectivity index (χ2v) is 9.34. The molecule has 0 amide bonds. The average Bonchev–Trinajstić information content (AvgIpc) is 3.44. The van der Waals surface area contributed by atoms with E-state index in [1.807, 2.05) is 42.5 Å². The predicted octanol–water partition coefficient (Wildman–Crippen LogP) is 3.52. The number of aliphatic hydroxyl groups is 2. The summed E-state index contributed by atoms with van der Waals surface area (Å²) in [4.78, 5) is 0.0638. The van der Waals surface area contributed by atoms with Crippen molar-refractivity contribution in [2.45, 2.75) is 29.1 Å². The van der Waals surface area contributed by atoms with Gasteiger partial charge < -0.3 is 10.2 Å². The van der Waals surface area contributed by atoms with Gasteiger partial charge in [0.15, 0.2) is 6.29 Å². The van der Waals surface area contributed by atoms with Crippen LogP contribution in [0.15, 0.2) is 83.8 Å². The van der Waals surface area contributed by atoms with Crippen molar-refractivity contribution in [1.29, 1.82) is 0 Å². The van der Waals surface area contributed by atoms with Crippen molar-refractivity contribution in [2.24, 2.45) is 0 Å². The van der Waals surface area contributed by atoms with Crippen LogP contribution in [0.25, 0.3) is 11.1 Å². The summed E-state index contributed by atoms with van der Waals surface area (Å²) in [5, 5.41) is 20.5. The minimum absolute atomic E-state index is 0.0638. The average molecular weight is 430 g/mol. The zero-order chi connectivity index (χ0) is 20.6. The molecule has 0 aliphatic heterocycles. The molecule has 0 spiro atoms. The van der Waals surface area contributed by atoms with Crippen LogP contribution in [0.3, 0.4) is 0 Å². The van der Waals surface area contributed by atoms with Crippen molar-refractivity contribution in [2.75, 3.05) is 0 Å². The first-order chi connectivity index (χ1) is 13.8. The Hall–Kier alpha value is -2.22. The molecule has 3 aromatic rings. The van der Waals surface area contributed by atoms with Crippen LogP contribution in [0.4, 0.5) is 0 Å². The van der Waals surface area contributed by atoms with Crippen molar-refractivity contribution in [3.8, 4) is 11.1 Å². The van der Waals surface area contributed by atoms with Gasteiger partial charge in [-0.2, -0.15) is 4.72 Å². The van der Waals surface area contributed by atoms with Gasteiger partial charge in [-0.3, -0.25) is 0 Å². The first-order valence-corrected chi connectivity index (χ1v) is 11.0. The molecule has 1 fully saturated rings. The van der Waals surface area contributed by atoms with Crippen LogP contribution in [-0.4, -0.2) is 30.5 Å². The molecule has 2 atom stereocenters. The van der Waals surface area contributed by atoms with Gasteiger partial charge in [0.25, 0.3) is 0 Å². The summed E-state index contributed by atoms with van der Waals surface area (Å²) in [5.41, 5.74) is 1.31. The highest BCUT2D eigenvalue weighted by Crippen LogP contribution is 2.53. The zero-order valence-electron chi connectivity index (χ0n) is 15.4. The molecule has 3 N–H and O–H groups in total. The van der Waals surface area contributed by atoms with Gasteiger partial charge >= 0.3 is 0 Å². The number of aliphatic hydroxyl groups excluding tert-OH is 1. The molecule has 3 aromatic carbocycles. The number of benzene rings is 3. The fraction of sp³-hybridized carbons (Fsp3) is 0.182. The van der Waals surface area contributed by atoms with E-state index in [1.54, 1.807) is 24.3 Å². The van der Waals surface area contributed by atoms with Crippen molar-refractivity contribution in [1.82, 2.24) is 4.72 Å². The van der Waals surface area contributed by atoms with E-state index in [0.717, 1.165) is 16.7 Å². The Morgan fingerprint density at radius 2 is 1.45 bits per heavy atom. The molecular weight excluding hydrogens is 410 g/mol. The maximum atomic E-state index is 12.9. The lowest BCUT2D eigenvalue weighted by atomic mass is 10.1. The molecule has 0 aromatic heterocycles. The number of rotatable bonds is 6. The third-order valence-corrected chi connectivity index (χ3v) is 7.13. The van der Waals surface area contributed by atoms with Gasteiger partial charge in [-0.1, -0.05) is 66.2 Å². The Morgan fingerprint density at radius 3 is 2.00 bits per heavy atom. The van der Waals surface area contributed by atoms with E-state index in [0.29, 0.717) is 11.4 Å². The summed E-state index contributed by atoms with van der Waals surface area (Å²) in [6, 6.07) is 22.9. The molecule has 1 aliphatic rings. The van der Waals surface area contributed by atoms with E-state index in [-0.39, 0.29) is 10.8 Å². The smallest absolute Gasteiger partial charge is 0.241 e.